The molecule has 1 aliphatic rings. The van der Waals surface area contributed by atoms with Gasteiger partial charge in [0.2, 0.25) is 0 Å². The standard InChI is InChI=1S/C29H24N2/c1-3-10-24-20-28(18-16-22(24)8-1)30-26-12-5-6-13-27(15-7-14-26)31-29-19-17-23-9-2-4-11-25(23)21-29/h1-11,14,16-21,30-31H,12-13H2/b6-5-,26-14+. The van der Waals surface area contributed by atoms with Gasteiger partial charge in [-0.15, -0.1) is 0 Å². The zero-order valence-corrected chi connectivity index (χ0v) is 17.3. The lowest BCUT2D eigenvalue weighted by Gasteiger charge is -2.10. The normalized spacial score (nSPS) is 16.5. The summed E-state index contributed by atoms with van der Waals surface area (Å²) in [5, 5.41) is 12.1. The third-order valence-electron chi connectivity index (χ3n) is 5.47. The lowest BCUT2D eigenvalue weighted by molar-refractivity contribution is 1.17. The van der Waals surface area contributed by atoms with E-state index >= 15 is 0 Å². The molecule has 31 heavy (non-hydrogen) atoms. The second-order valence-electron chi connectivity index (χ2n) is 7.73. The summed E-state index contributed by atoms with van der Waals surface area (Å²) in [6.07, 6.45) is 10.2. The Hall–Kier alpha value is -4.00. The molecular weight excluding hydrogens is 376 g/mol. The highest BCUT2D eigenvalue weighted by Crippen LogP contribution is 2.23. The van der Waals surface area contributed by atoms with E-state index in [0.29, 0.717) is 0 Å². The number of anilines is 2. The van der Waals surface area contributed by atoms with E-state index in [-0.39, 0.29) is 0 Å². The summed E-state index contributed by atoms with van der Waals surface area (Å²) in [6.45, 7) is 0. The second kappa shape index (κ2) is 8.79. The van der Waals surface area contributed by atoms with Crippen molar-refractivity contribution in [2.24, 2.45) is 0 Å². The van der Waals surface area contributed by atoms with Gasteiger partial charge in [0.05, 0.1) is 5.70 Å². The third-order valence-corrected chi connectivity index (χ3v) is 5.47. The molecule has 0 saturated heterocycles. The van der Waals surface area contributed by atoms with Gasteiger partial charge < -0.3 is 10.6 Å². The van der Waals surface area contributed by atoms with Crippen LogP contribution < -0.4 is 10.6 Å². The molecular formula is C29H24N2. The Kier molecular flexibility index (Phi) is 5.38. The van der Waals surface area contributed by atoms with Crippen molar-refractivity contribution in [3.05, 3.63) is 126 Å². The molecule has 2 N–H and O–H groups in total. The van der Waals surface area contributed by atoms with Gasteiger partial charge in [-0.3, -0.25) is 0 Å². The third kappa shape index (κ3) is 4.61. The maximum atomic E-state index is 3.56. The number of benzene rings is 4. The first-order valence-electron chi connectivity index (χ1n) is 10.6. The number of hydrogen-bond acceptors (Lipinski definition) is 2. The van der Waals surface area contributed by atoms with Crippen molar-refractivity contribution in [3.63, 3.8) is 0 Å². The second-order valence-corrected chi connectivity index (χ2v) is 7.73. The smallest absolute Gasteiger partial charge is 0.0620 e. The topological polar surface area (TPSA) is 24.1 Å². The molecule has 0 saturated carbocycles. The average molecular weight is 401 g/mol. The predicted molar refractivity (Wildman–Crippen MR) is 133 cm³/mol. The van der Waals surface area contributed by atoms with Gasteiger partial charge >= 0.3 is 0 Å². The van der Waals surface area contributed by atoms with Crippen LogP contribution in [-0.2, 0) is 0 Å². The molecule has 0 fully saturated rings. The van der Waals surface area contributed by atoms with Crippen LogP contribution in [0.1, 0.15) is 12.8 Å². The Morgan fingerprint density at radius 1 is 0.581 bits per heavy atom. The molecule has 1 aliphatic carbocycles. The fourth-order valence-electron chi connectivity index (χ4n) is 3.85. The van der Waals surface area contributed by atoms with Crippen LogP contribution in [0.2, 0.25) is 0 Å². The number of rotatable bonds is 4. The summed E-state index contributed by atoms with van der Waals surface area (Å²) in [5.41, 5.74) is 7.80. The summed E-state index contributed by atoms with van der Waals surface area (Å²) in [7, 11) is 0. The van der Waals surface area contributed by atoms with Crippen molar-refractivity contribution >= 4 is 32.9 Å². The Morgan fingerprint density at radius 3 is 1.84 bits per heavy atom. The minimum Gasteiger partial charge on any atom is -0.359 e. The van der Waals surface area contributed by atoms with Crippen LogP contribution in [-0.4, -0.2) is 0 Å². The fraction of sp³-hybridized carbons (Fsp3) is 0.0690. The summed E-state index contributed by atoms with van der Waals surface area (Å²) >= 11 is 0. The van der Waals surface area contributed by atoms with E-state index in [9.17, 15) is 0 Å². The van der Waals surface area contributed by atoms with E-state index in [1.807, 2.05) is 6.08 Å². The quantitative estimate of drug-likeness (QED) is 0.270. The van der Waals surface area contributed by atoms with E-state index in [4.69, 9.17) is 0 Å². The minimum atomic E-state index is 0.820. The van der Waals surface area contributed by atoms with Crippen molar-refractivity contribution < 1.29 is 0 Å². The molecule has 2 nitrogen and oxygen atoms in total. The van der Waals surface area contributed by atoms with Crippen LogP contribution in [0, 0.1) is 0 Å². The number of allylic oxidation sites excluding steroid dienone is 3. The highest BCUT2D eigenvalue weighted by molar-refractivity contribution is 5.86. The van der Waals surface area contributed by atoms with Gasteiger partial charge in [-0.2, -0.15) is 0 Å². The van der Waals surface area contributed by atoms with Gasteiger partial charge in [0.15, 0.2) is 0 Å². The molecule has 2 heteroatoms. The Bertz CT molecular complexity index is 1370. The zero-order valence-electron chi connectivity index (χ0n) is 17.3. The minimum absolute atomic E-state index is 0.820. The van der Waals surface area contributed by atoms with E-state index in [0.717, 1.165) is 35.6 Å². The summed E-state index contributed by atoms with van der Waals surface area (Å²) in [6, 6.07) is 29.8. The van der Waals surface area contributed by atoms with Gasteiger partial charge in [0.1, 0.15) is 0 Å². The van der Waals surface area contributed by atoms with Crippen LogP contribution in [0.5, 0.6) is 0 Å². The molecule has 150 valence electrons. The van der Waals surface area contributed by atoms with Crippen LogP contribution in [0.3, 0.4) is 0 Å². The molecule has 0 atom stereocenters. The van der Waals surface area contributed by atoms with Gasteiger partial charge in [-0.25, -0.2) is 0 Å². The molecule has 0 aromatic heterocycles. The highest BCUT2D eigenvalue weighted by Gasteiger charge is 2.02. The van der Waals surface area contributed by atoms with Crippen molar-refractivity contribution in [2.75, 3.05) is 10.6 Å². The van der Waals surface area contributed by atoms with Crippen molar-refractivity contribution in [2.45, 2.75) is 12.8 Å². The molecule has 0 unspecified atom stereocenters. The highest BCUT2D eigenvalue weighted by atomic mass is 14.9. The van der Waals surface area contributed by atoms with E-state index < -0.39 is 0 Å². The monoisotopic (exact) mass is 400 g/mol. The Morgan fingerprint density at radius 2 is 1.16 bits per heavy atom. The van der Waals surface area contributed by atoms with Gasteiger partial charge in [0.25, 0.3) is 0 Å². The van der Waals surface area contributed by atoms with Crippen LogP contribution in [0.15, 0.2) is 126 Å². The average Bonchev–Trinajstić information content (AvgIpc) is 2.91. The molecule has 4 aromatic carbocycles. The van der Waals surface area contributed by atoms with E-state index in [1.54, 1.807) is 0 Å². The Labute approximate surface area is 182 Å². The fourth-order valence-corrected chi connectivity index (χ4v) is 3.85. The first-order valence-corrected chi connectivity index (χ1v) is 10.6. The van der Waals surface area contributed by atoms with E-state index in [1.165, 1.54) is 21.5 Å². The molecule has 0 heterocycles. The zero-order chi connectivity index (χ0) is 20.9. The van der Waals surface area contributed by atoms with E-state index in [2.05, 4.69) is 120 Å². The number of fused-ring (bicyclic) bond motifs is 2. The maximum absolute atomic E-state index is 3.56. The van der Waals surface area contributed by atoms with Crippen LogP contribution in [0.25, 0.3) is 21.5 Å². The lowest BCUT2D eigenvalue weighted by atomic mass is 10.1. The van der Waals surface area contributed by atoms with Crippen molar-refractivity contribution in [1.82, 2.24) is 0 Å². The van der Waals surface area contributed by atoms with Crippen LogP contribution >= 0.6 is 0 Å². The SMILES string of the molecule is C1=C/C=C(/Nc2ccc3ccccc3c2)C/C=C\CC=1Nc1ccc2ccccc2c1. The molecule has 0 bridgehead atoms. The molecule has 0 amide bonds. The molecule has 0 radical (unpaired) electrons. The molecule has 0 aliphatic heterocycles. The van der Waals surface area contributed by atoms with Gasteiger partial charge in [-0.05, 0) is 58.0 Å². The molecule has 0 spiro atoms. The summed E-state index contributed by atoms with van der Waals surface area (Å²) < 4.78 is 0. The largest absolute Gasteiger partial charge is 0.359 e. The summed E-state index contributed by atoms with van der Waals surface area (Å²) in [4.78, 5) is 0. The first kappa shape index (κ1) is 19.0. The predicted octanol–water partition coefficient (Wildman–Crippen LogP) is 7.79. The molecule has 4 aromatic rings. The molecule has 5 rings (SSSR count). The van der Waals surface area contributed by atoms with Gasteiger partial charge in [0, 0.05) is 29.9 Å². The number of hydrogen-bond donors (Lipinski definition) is 2. The van der Waals surface area contributed by atoms with Crippen molar-refractivity contribution in [3.8, 4) is 0 Å². The van der Waals surface area contributed by atoms with Crippen molar-refractivity contribution in [1.29, 1.82) is 0 Å². The maximum Gasteiger partial charge on any atom is 0.0620 e. The summed E-state index contributed by atoms with van der Waals surface area (Å²) in [5.74, 6) is 0. The van der Waals surface area contributed by atoms with Gasteiger partial charge in [-0.1, -0.05) is 78.5 Å². The number of nitrogens with one attached hydrogen (secondary N) is 2. The lowest BCUT2D eigenvalue weighted by Crippen LogP contribution is -1.98. The first-order chi connectivity index (χ1) is 15.3. The Balaban J connectivity index is 1.36. The van der Waals surface area contributed by atoms with Crippen LogP contribution in [0.4, 0.5) is 11.4 Å².